The summed E-state index contributed by atoms with van der Waals surface area (Å²) < 4.78 is 23.4. The number of rotatable bonds is 4. The van der Waals surface area contributed by atoms with Crippen molar-refractivity contribution in [1.82, 2.24) is 19.1 Å². The van der Waals surface area contributed by atoms with Crippen molar-refractivity contribution >= 4 is 28.7 Å². The number of nitrogens with zero attached hydrogens (tertiary/aromatic N) is 4. The number of amides is 1. The Hall–Kier alpha value is -3.27. The van der Waals surface area contributed by atoms with Gasteiger partial charge in [0.25, 0.3) is 5.91 Å². The molecule has 2 aromatic heterocycles. The number of aryl methyl sites for hydroxylation is 2. The number of benzene rings is 1. The first-order valence-corrected chi connectivity index (χ1v) is 11.2. The number of hydrogen-bond donors (Lipinski definition) is 2. The molecule has 33 heavy (non-hydrogen) atoms. The Morgan fingerprint density at radius 1 is 1.30 bits per heavy atom. The lowest BCUT2D eigenvalue weighted by atomic mass is 9.93. The molecule has 1 aliphatic carbocycles. The number of aromatic nitrogens is 4. The molecular weight excluding hydrogens is 427 g/mol. The Balaban J connectivity index is 1.50. The van der Waals surface area contributed by atoms with E-state index in [0.717, 1.165) is 38.9 Å². The van der Waals surface area contributed by atoms with E-state index in [1.54, 1.807) is 29.3 Å². The zero-order valence-corrected chi connectivity index (χ0v) is 18.7. The summed E-state index contributed by atoms with van der Waals surface area (Å²) in [4.78, 5) is 33.5. The zero-order valence-electron chi connectivity index (χ0n) is 18.7. The first kappa shape index (κ1) is 21.6. The second-order valence-corrected chi connectivity index (χ2v) is 9.11. The molecule has 3 heterocycles. The molecule has 3 aromatic rings. The highest BCUT2D eigenvalue weighted by Gasteiger charge is 2.37. The van der Waals surface area contributed by atoms with Gasteiger partial charge in [0.1, 0.15) is 11.3 Å². The zero-order chi connectivity index (χ0) is 23.3. The summed E-state index contributed by atoms with van der Waals surface area (Å²) in [7, 11) is 1.72. The van der Waals surface area contributed by atoms with Crippen LogP contribution >= 0.6 is 0 Å². The normalized spacial score (nSPS) is 22.8. The second kappa shape index (κ2) is 8.26. The van der Waals surface area contributed by atoms with Crippen LogP contribution in [0, 0.1) is 24.6 Å². The van der Waals surface area contributed by atoms with E-state index in [1.807, 2.05) is 0 Å². The number of primary amides is 1. The number of nitrogens with two attached hydrogens (primary N) is 1. The molecule has 1 saturated heterocycles. The number of imidazole rings is 1. The maximum atomic E-state index is 14.3. The molecule has 174 valence electrons. The minimum absolute atomic E-state index is 0.0506. The predicted octanol–water partition coefficient (Wildman–Crippen LogP) is 2.80. The van der Waals surface area contributed by atoms with Gasteiger partial charge in [0, 0.05) is 32.0 Å². The van der Waals surface area contributed by atoms with Crippen molar-refractivity contribution in [3.8, 4) is 0 Å². The van der Waals surface area contributed by atoms with Crippen LogP contribution in [0.2, 0.25) is 0 Å². The minimum Gasteiger partial charge on any atom is -0.381 e. The van der Waals surface area contributed by atoms with E-state index in [4.69, 9.17) is 10.5 Å². The maximum absolute atomic E-state index is 14.3. The van der Waals surface area contributed by atoms with Gasteiger partial charge in [-0.3, -0.25) is 13.9 Å². The van der Waals surface area contributed by atoms with Crippen LogP contribution < -0.4 is 16.7 Å². The monoisotopic (exact) mass is 454 g/mol. The highest BCUT2D eigenvalue weighted by atomic mass is 19.1. The number of anilines is 2. The van der Waals surface area contributed by atoms with Crippen molar-refractivity contribution in [3.63, 3.8) is 0 Å². The molecule has 1 aromatic carbocycles. The van der Waals surface area contributed by atoms with E-state index in [0.29, 0.717) is 34.3 Å². The smallest absolute Gasteiger partial charge is 0.330 e. The Labute approximate surface area is 189 Å². The lowest BCUT2D eigenvalue weighted by Gasteiger charge is -2.13. The van der Waals surface area contributed by atoms with Gasteiger partial charge in [-0.25, -0.2) is 14.2 Å². The number of ether oxygens (including phenoxy) is 1. The molecule has 3 N–H and O–H groups in total. The fraction of sp³-hybridized carbons (Fsp3) is 0.478. The standard InChI is InChI=1S/C23H27FN6O3/c1-12-6-16(20(25)31)17(24)9-18(12)27-22-26-10-19-21(28-22)30(23(32)29(19)2)15-7-13-4-3-5-33-11-14(13)8-15/h6,9-10,13-15H,3-5,7-8,11H2,1-2H3,(H2,25,31)(H,26,27,28). The summed E-state index contributed by atoms with van der Waals surface area (Å²) in [6.45, 7) is 3.29. The Bertz CT molecular complexity index is 1290. The molecule has 0 spiro atoms. The maximum Gasteiger partial charge on any atom is 0.330 e. The highest BCUT2D eigenvalue weighted by Crippen LogP contribution is 2.43. The Morgan fingerprint density at radius 2 is 2.09 bits per heavy atom. The molecule has 0 radical (unpaired) electrons. The number of nitrogens with one attached hydrogen (secondary N) is 1. The lowest BCUT2D eigenvalue weighted by Crippen LogP contribution is -2.25. The van der Waals surface area contributed by atoms with E-state index in [1.165, 1.54) is 12.1 Å². The fourth-order valence-electron chi connectivity index (χ4n) is 5.28. The quantitative estimate of drug-likeness (QED) is 0.626. The van der Waals surface area contributed by atoms with Crippen LogP contribution in [0.4, 0.5) is 16.0 Å². The summed E-state index contributed by atoms with van der Waals surface area (Å²) >= 11 is 0. The summed E-state index contributed by atoms with van der Waals surface area (Å²) in [6.07, 6.45) is 5.59. The number of carbonyl (C=O) groups excluding carboxylic acids is 1. The minimum atomic E-state index is -0.827. The molecule has 1 amide bonds. The molecule has 0 bridgehead atoms. The third-order valence-corrected chi connectivity index (χ3v) is 7.04. The first-order valence-electron chi connectivity index (χ1n) is 11.2. The molecule has 2 fully saturated rings. The van der Waals surface area contributed by atoms with Crippen LogP contribution in [0.3, 0.4) is 0 Å². The van der Waals surface area contributed by atoms with Gasteiger partial charge in [-0.1, -0.05) is 0 Å². The fourth-order valence-corrected chi connectivity index (χ4v) is 5.28. The first-order chi connectivity index (χ1) is 15.8. The number of carbonyl (C=O) groups is 1. The van der Waals surface area contributed by atoms with Gasteiger partial charge < -0.3 is 15.8 Å². The number of fused-ring (bicyclic) bond motifs is 2. The molecule has 3 atom stereocenters. The van der Waals surface area contributed by atoms with Crippen LogP contribution in [-0.2, 0) is 11.8 Å². The van der Waals surface area contributed by atoms with Crippen molar-refractivity contribution in [2.24, 2.45) is 24.6 Å². The van der Waals surface area contributed by atoms with Gasteiger partial charge in [0.2, 0.25) is 5.95 Å². The van der Waals surface area contributed by atoms with E-state index in [-0.39, 0.29) is 23.2 Å². The van der Waals surface area contributed by atoms with E-state index in [9.17, 15) is 14.0 Å². The van der Waals surface area contributed by atoms with Gasteiger partial charge in [-0.05, 0) is 62.1 Å². The van der Waals surface area contributed by atoms with Gasteiger partial charge in [-0.15, -0.1) is 0 Å². The van der Waals surface area contributed by atoms with E-state index < -0.39 is 11.7 Å². The van der Waals surface area contributed by atoms with Crippen LogP contribution in [-0.4, -0.2) is 38.2 Å². The lowest BCUT2D eigenvalue weighted by molar-refractivity contribution is 0.0996. The molecule has 5 rings (SSSR count). The second-order valence-electron chi connectivity index (χ2n) is 9.11. The summed E-state index contributed by atoms with van der Waals surface area (Å²) in [5.41, 5.74) is 7.16. The molecular formula is C23H27FN6O3. The summed E-state index contributed by atoms with van der Waals surface area (Å²) in [5.74, 6) is -0.306. The predicted molar refractivity (Wildman–Crippen MR) is 121 cm³/mol. The summed E-state index contributed by atoms with van der Waals surface area (Å²) in [5, 5.41) is 3.02. The van der Waals surface area contributed by atoms with Crippen molar-refractivity contribution in [2.75, 3.05) is 18.5 Å². The average molecular weight is 455 g/mol. The number of hydrogen-bond acceptors (Lipinski definition) is 6. The van der Waals surface area contributed by atoms with Gasteiger partial charge >= 0.3 is 5.69 Å². The van der Waals surface area contributed by atoms with Crippen molar-refractivity contribution in [3.05, 3.63) is 45.8 Å². The van der Waals surface area contributed by atoms with Gasteiger partial charge in [0.05, 0.1) is 11.8 Å². The molecule has 9 nitrogen and oxygen atoms in total. The van der Waals surface area contributed by atoms with E-state index >= 15 is 0 Å². The van der Waals surface area contributed by atoms with Gasteiger partial charge in [0.15, 0.2) is 5.65 Å². The Kier molecular flexibility index (Phi) is 5.40. The highest BCUT2D eigenvalue weighted by molar-refractivity contribution is 5.94. The SMILES string of the molecule is Cc1cc(C(N)=O)c(F)cc1Nc1ncc2c(n1)n(C1CC3CCCOCC3C1)c(=O)n2C. The largest absolute Gasteiger partial charge is 0.381 e. The summed E-state index contributed by atoms with van der Waals surface area (Å²) in [6, 6.07) is 2.64. The van der Waals surface area contributed by atoms with Crippen molar-refractivity contribution < 1.29 is 13.9 Å². The van der Waals surface area contributed by atoms with Crippen molar-refractivity contribution in [2.45, 2.75) is 38.6 Å². The Morgan fingerprint density at radius 3 is 2.88 bits per heavy atom. The molecule has 1 aliphatic heterocycles. The molecule has 1 saturated carbocycles. The van der Waals surface area contributed by atoms with E-state index in [2.05, 4.69) is 15.3 Å². The third-order valence-electron chi connectivity index (χ3n) is 7.04. The van der Waals surface area contributed by atoms with Gasteiger partial charge in [-0.2, -0.15) is 4.98 Å². The average Bonchev–Trinajstić information content (AvgIpc) is 3.18. The van der Waals surface area contributed by atoms with Crippen LogP contribution in [0.1, 0.15) is 47.6 Å². The third kappa shape index (κ3) is 3.78. The van der Waals surface area contributed by atoms with Crippen molar-refractivity contribution in [1.29, 1.82) is 0 Å². The topological polar surface area (TPSA) is 117 Å². The molecule has 10 heteroatoms. The molecule has 2 aliphatic rings. The van der Waals surface area contributed by atoms with Crippen LogP contribution in [0.5, 0.6) is 0 Å². The van der Waals surface area contributed by atoms with Crippen LogP contribution in [0.15, 0.2) is 23.1 Å². The molecule has 3 unspecified atom stereocenters. The number of halogens is 1. The van der Waals surface area contributed by atoms with Crippen LogP contribution in [0.25, 0.3) is 11.2 Å².